The summed E-state index contributed by atoms with van der Waals surface area (Å²) in [5.74, 6) is -0.143. The van der Waals surface area contributed by atoms with Crippen LogP contribution in [0.2, 0.25) is 0 Å². The number of aryl methyl sites for hydroxylation is 1. The molecule has 7 nitrogen and oxygen atoms in total. The van der Waals surface area contributed by atoms with Gasteiger partial charge in [0.05, 0.1) is 29.5 Å². The number of nitrogens with one attached hydrogen (secondary N) is 1. The average molecular weight is 570 g/mol. The van der Waals surface area contributed by atoms with Crippen molar-refractivity contribution >= 4 is 16.8 Å². The molecule has 2 fully saturated rings. The number of halogens is 1. The molecule has 2 unspecified atom stereocenters. The van der Waals surface area contributed by atoms with Gasteiger partial charge in [0.1, 0.15) is 17.0 Å². The molecule has 218 valence electrons. The molecule has 2 aromatic heterocycles. The SMILES string of the molecule is C=C1C2CC2Cc2c(cc3n(c2=O)Cc2c-3nc3cc(F)c(C)c4c3c2[C@@H](NC(=O)C2(O)CCCC2)CC4)[C@@]1(O)CC. The van der Waals surface area contributed by atoms with Crippen molar-refractivity contribution in [1.29, 1.82) is 0 Å². The number of benzene rings is 1. The highest BCUT2D eigenvalue weighted by Crippen LogP contribution is 2.56. The second-order valence-corrected chi connectivity index (χ2v) is 13.4. The summed E-state index contributed by atoms with van der Waals surface area (Å²) >= 11 is 0. The van der Waals surface area contributed by atoms with E-state index in [2.05, 4.69) is 11.9 Å². The minimum atomic E-state index is -1.38. The first kappa shape index (κ1) is 26.3. The van der Waals surface area contributed by atoms with E-state index in [1.807, 2.05) is 13.0 Å². The molecule has 3 aromatic rings. The van der Waals surface area contributed by atoms with Gasteiger partial charge in [0, 0.05) is 22.6 Å². The fourth-order valence-electron chi connectivity index (χ4n) is 8.59. The van der Waals surface area contributed by atoms with Gasteiger partial charge in [-0.1, -0.05) is 13.5 Å². The third kappa shape index (κ3) is 3.36. The maximum atomic E-state index is 15.2. The van der Waals surface area contributed by atoms with Gasteiger partial charge in [-0.2, -0.15) is 0 Å². The summed E-state index contributed by atoms with van der Waals surface area (Å²) in [6, 6.07) is 2.96. The maximum absolute atomic E-state index is 15.2. The van der Waals surface area contributed by atoms with Crippen LogP contribution >= 0.6 is 0 Å². The lowest BCUT2D eigenvalue weighted by molar-refractivity contribution is -0.140. The molecule has 1 aliphatic heterocycles. The van der Waals surface area contributed by atoms with Crippen LogP contribution in [0.25, 0.3) is 22.3 Å². The van der Waals surface area contributed by atoms with E-state index >= 15 is 4.39 Å². The number of carbonyl (C=O) groups is 1. The van der Waals surface area contributed by atoms with E-state index in [9.17, 15) is 19.8 Å². The fraction of sp³-hybridized carbons (Fsp3) is 0.500. The van der Waals surface area contributed by atoms with Crippen LogP contribution in [0.3, 0.4) is 0 Å². The van der Waals surface area contributed by atoms with Crippen molar-refractivity contribution in [2.45, 2.75) is 95.4 Å². The minimum Gasteiger partial charge on any atom is -0.381 e. The molecule has 8 heteroatoms. The van der Waals surface area contributed by atoms with E-state index in [4.69, 9.17) is 4.98 Å². The van der Waals surface area contributed by atoms with E-state index < -0.39 is 17.2 Å². The summed E-state index contributed by atoms with van der Waals surface area (Å²) < 4.78 is 16.9. The zero-order chi connectivity index (χ0) is 29.3. The average Bonchev–Trinajstić information content (AvgIpc) is 3.45. The second kappa shape index (κ2) is 8.60. The molecule has 0 radical (unpaired) electrons. The van der Waals surface area contributed by atoms with Gasteiger partial charge in [-0.3, -0.25) is 9.59 Å². The van der Waals surface area contributed by atoms with Gasteiger partial charge in [0.15, 0.2) is 0 Å². The quantitative estimate of drug-likeness (QED) is 0.312. The van der Waals surface area contributed by atoms with Crippen molar-refractivity contribution in [1.82, 2.24) is 14.9 Å². The van der Waals surface area contributed by atoms with E-state index in [1.165, 1.54) is 6.07 Å². The number of rotatable bonds is 3. The predicted molar refractivity (Wildman–Crippen MR) is 156 cm³/mol. The van der Waals surface area contributed by atoms with Crippen LogP contribution in [0.1, 0.15) is 91.3 Å². The number of carbonyl (C=O) groups excluding carboxylic acids is 1. The smallest absolute Gasteiger partial charge is 0.254 e. The number of hydrogen-bond donors (Lipinski definition) is 3. The summed E-state index contributed by atoms with van der Waals surface area (Å²) in [6.07, 6.45) is 5.62. The van der Waals surface area contributed by atoms with Crippen LogP contribution in [0.4, 0.5) is 4.39 Å². The Kier molecular flexibility index (Phi) is 5.38. The van der Waals surface area contributed by atoms with E-state index in [-0.39, 0.29) is 23.2 Å². The van der Waals surface area contributed by atoms with Crippen molar-refractivity contribution in [2.24, 2.45) is 11.8 Å². The first-order valence-corrected chi connectivity index (χ1v) is 15.4. The molecule has 1 amide bonds. The monoisotopic (exact) mass is 569 g/mol. The lowest BCUT2D eigenvalue weighted by atomic mass is 9.80. The van der Waals surface area contributed by atoms with E-state index in [1.54, 1.807) is 11.5 Å². The van der Waals surface area contributed by atoms with Crippen molar-refractivity contribution in [3.63, 3.8) is 0 Å². The summed E-state index contributed by atoms with van der Waals surface area (Å²) in [4.78, 5) is 32.6. The lowest BCUT2D eigenvalue weighted by Crippen LogP contribution is -2.46. The number of nitrogens with zero attached hydrogens (tertiary/aromatic N) is 2. The second-order valence-electron chi connectivity index (χ2n) is 13.4. The molecule has 0 bridgehead atoms. The molecule has 1 aromatic carbocycles. The molecule has 4 aliphatic carbocycles. The molecule has 5 aliphatic rings. The van der Waals surface area contributed by atoms with Crippen LogP contribution in [0, 0.1) is 24.6 Å². The molecule has 0 saturated heterocycles. The Balaban J connectivity index is 1.35. The van der Waals surface area contributed by atoms with Crippen LogP contribution in [0.15, 0.2) is 29.1 Å². The third-order valence-corrected chi connectivity index (χ3v) is 11.2. The first-order valence-electron chi connectivity index (χ1n) is 15.4. The number of aromatic nitrogens is 2. The van der Waals surface area contributed by atoms with Crippen LogP contribution in [0.5, 0.6) is 0 Å². The van der Waals surface area contributed by atoms with Crippen LogP contribution in [-0.4, -0.2) is 31.3 Å². The highest BCUT2D eigenvalue weighted by molar-refractivity contribution is 5.94. The predicted octanol–water partition coefficient (Wildman–Crippen LogP) is 4.63. The minimum absolute atomic E-state index is 0.122. The Morgan fingerprint density at radius 1 is 1.21 bits per heavy atom. The Morgan fingerprint density at radius 3 is 2.71 bits per heavy atom. The normalized spacial score (nSPS) is 28.1. The lowest BCUT2D eigenvalue weighted by Gasteiger charge is -2.32. The summed E-state index contributed by atoms with van der Waals surface area (Å²) in [7, 11) is 0. The zero-order valence-corrected chi connectivity index (χ0v) is 24.1. The Labute approximate surface area is 243 Å². The number of amides is 1. The summed E-state index contributed by atoms with van der Waals surface area (Å²) in [6.45, 7) is 8.28. The maximum Gasteiger partial charge on any atom is 0.254 e. The molecule has 8 rings (SSSR count). The van der Waals surface area contributed by atoms with Gasteiger partial charge in [0.2, 0.25) is 0 Å². The van der Waals surface area contributed by atoms with Gasteiger partial charge < -0.3 is 20.1 Å². The molecular weight excluding hydrogens is 533 g/mol. The van der Waals surface area contributed by atoms with Gasteiger partial charge in [-0.15, -0.1) is 0 Å². The molecule has 42 heavy (non-hydrogen) atoms. The van der Waals surface area contributed by atoms with E-state index in [0.717, 1.165) is 46.9 Å². The van der Waals surface area contributed by atoms with Crippen molar-refractivity contribution < 1.29 is 19.4 Å². The topological polar surface area (TPSA) is 104 Å². The molecule has 2 saturated carbocycles. The molecular formula is C34H36FN3O4. The number of aliphatic hydroxyl groups is 2. The zero-order valence-electron chi connectivity index (χ0n) is 24.1. The van der Waals surface area contributed by atoms with Gasteiger partial charge in [-0.25, -0.2) is 9.37 Å². The van der Waals surface area contributed by atoms with Crippen molar-refractivity contribution in [3.8, 4) is 11.4 Å². The Bertz CT molecular complexity index is 1820. The highest BCUT2D eigenvalue weighted by Gasteiger charge is 2.51. The van der Waals surface area contributed by atoms with E-state index in [0.29, 0.717) is 84.6 Å². The third-order valence-electron chi connectivity index (χ3n) is 11.2. The van der Waals surface area contributed by atoms with Crippen molar-refractivity contribution in [2.75, 3.05) is 0 Å². The molecule has 3 N–H and O–H groups in total. The van der Waals surface area contributed by atoms with Gasteiger partial charge in [0.25, 0.3) is 11.5 Å². The van der Waals surface area contributed by atoms with Crippen molar-refractivity contribution in [3.05, 3.63) is 73.8 Å². The summed E-state index contributed by atoms with van der Waals surface area (Å²) in [5, 5.41) is 27.0. The molecule has 3 heterocycles. The number of pyridine rings is 2. The molecule has 0 spiro atoms. The highest BCUT2D eigenvalue weighted by atomic mass is 19.1. The molecule has 4 atom stereocenters. The number of fused-ring (bicyclic) bond motifs is 6. The largest absolute Gasteiger partial charge is 0.381 e. The van der Waals surface area contributed by atoms with Crippen LogP contribution in [-0.2, 0) is 29.8 Å². The summed E-state index contributed by atoms with van der Waals surface area (Å²) in [5.41, 5.74) is 4.12. The van der Waals surface area contributed by atoms with Gasteiger partial charge >= 0.3 is 0 Å². The Hall–Kier alpha value is -3.36. The van der Waals surface area contributed by atoms with Gasteiger partial charge in [-0.05, 0) is 110 Å². The Morgan fingerprint density at radius 2 is 1.98 bits per heavy atom. The standard InChI is InChI=1S/C34H36FN3O4/c1-4-34(42)17(3)20-11-18(20)12-21-23(34)13-27-30-22(15-38(27)31(21)39)29-25(37-32(40)33(41)9-5-6-10-33)8-7-19-16(2)24(35)14-26(36-30)28(19)29/h13-14,18,20,25,41-42H,3-12,15H2,1-2H3,(H,37,40)/t18?,20?,25-,34+/m0/s1. The first-order chi connectivity index (χ1) is 20.1. The van der Waals surface area contributed by atoms with Crippen LogP contribution < -0.4 is 10.9 Å². The fourth-order valence-corrected chi connectivity index (χ4v) is 8.59. The number of hydrogen-bond acceptors (Lipinski definition) is 5.